The van der Waals surface area contributed by atoms with Crippen LogP contribution >= 0.6 is 0 Å². The van der Waals surface area contributed by atoms with E-state index in [1.807, 2.05) is 20.8 Å². The zero-order valence-electron chi connectivity index (χ0n) is 10.7. The van der Waals surface area contributed by atoms with Crippen molar-refractivity contribution in [2.45, 2.75) is 51.7 Å². The molecule has 1 fully saturated rings. The fraction of sp³-hybridized carbons (Fsp3) is 0.833. The molecule has 1 unspecified atom stereocenters. The van der Waals surface area contributed by atoms with Gasteiger partial charge in [-0.05, 0) is 40.0 Å². The summed E-state index contributed by atoms with van der Waals surface area (Å²) in [4.78, 5) is 22.2. The van der Waals surface area contributed by atoms with Gasteiger partial charge < -0.3 is 14.8 Å². The van der Waals surface area contributed by atoms with Gasteiger partial charge in [0.25, 0.3) is 0 Å². The number of amides is 1. The quantitative estimate of drug-likeness (QED) is 0.746. The number of unbranched alkanes of at least 4 members (excludes halogenated alkanes) is 1. The third-order valence-corrected chi connectivity index (χ3v) is 2.35. The monoisotopic (exact) mass is 243 g/mol. The van der Waals surface area contributed by atoms with Crippen molar-refractivity contribution in [2.75, 3.05) is 13.2 Å². The lowest BCUT2D eigenvalue weighted by Crippen LogP contribution is -2.40. The first kappa shape index (κ1) is 14.0. The van der Waals surface area contributed by atoms with Crippen LogP contribution in [-0.4, -0.2) is 36.7 Å². The Balaban J connectivity index is 1.97. The molecule has 0 aromatic rings. The summed E-state index contributed by atoms with van der Waals surface area (Å²) in [5.74, 6) is 0.185. The molecule has 98 valence electrons. The van der Waals surface area contributed by atoms with E-state index in [-0.39, 0.29) is 18.5 Å². The van der Waals surface area contributed by atoms with Gasteiger partial charge in [-0.25, -0.2) is 4.79 Å². The summed E-state index contributed by atoms with van der Waals surface area (Å²) in [5.41, 5.74) is -0.462. The number of hydrogen-bond acceptors (Lipinski definition) is 4. The van der Waals surface area contributed by atoms with Gasteiger partial charge in [0.05, 0.1) is 0 Å². The highest BCUT2D eigenvalue weighted by atomic mass is 16.6. The summed E-state index contributed by atoms with van der Waals surface area (Å²) >= 11 is 0. The molecule has 1 aliphatic heterocycles. The zero-order chi connectivity index (χ0) is 12.9. The predicted molar refractivity (Wildman–Crippen MR) is 62.8 cm³/mol. The molecule has 0 aliphatic carbocycles. The van der Waals surface area contributed by atoms with Gasteiger partial charge in [0, 0.05) is 6.54 Å². The van der Waals surface area contributed by atoms with E-state index < -0.39 is 11.7 Å². The number of ketones is 1. The molecule has 0 saturated carbocycles. The minimum absolute atomic E-state index is 0.185. The van der Waals surface area contributed by atoms with Gasteiger partial charge in [-0.1, -0.05) is 0 Å². The SMILES string of the molecule is CC(C)(C)OC(=O)NCCCCC1OCC1=O. The first-order valence-corrected chi connectivity index (χ1v) is 5.99. The largest absolute Gasteiger partial charge is 0.444 e. The molecule has 0 aromatic heterocycles. The van der Waals surface area contributed by atoms with Crippen LogP contribution in [0.15, 0.2) is 0 Å². The van der Waals surface area contributed by atoms with Gasteiger partial charge in [0.1, 0.15) is 18.3 Å². The molecule has 0 aromatic carbocycles. The molecule has 1 atom stereocenters. The van der Waals surface area contributed by atoms with Crippen molar-refractivity contribution in [3.63, 3.8) is 0 Å². The Bertz CT molecular complexity index is 283. The lowest BCUT2D eigenvalue weighted by molar-refractivity contribution is -0.155. The molecule has 1 N–H and O–H groups in total. The number of ether oxygens (including phenoxy) is 2. The smallest absolute Gasteiger partial charge is 0.407 e. The van der Waals surface area contributed by atoms with E-state index in [1.54, 1.807) is 0 Å². The second-order valence-electron chi connectivity index (χ2n) is 5.19. The number of rotatable bonds is 5. The summed E-state index contributed by atoms with van der Waals surface area (Å²) in [6.45, 7) is 6.31. The number of Topliss-reactive ketones (excluding diaryl/α,β-unsaturated/α-hetero) is 1. The summed E-state index contributed by atoms with van der Waals surface area (Å²) in [7, 11) is 0. The Morgan fingerprint density at radius 3 is 2.65 bits per heavy atom. The molecule has 0 bridgehead atoms. The number of alkyl carbamates (subject to hydrolysis) is 1. The van der Waals surface area contributed by atoms with Crippen molar-refractivity contribution in [1.29, 1.82) is 0 Å². The number of nitrogens with one attached hydrogen (secondary N) is 1. The van der Waals surface area contributed by atoms with Crippen LogP contribution < -0.4 is 5.32 Å². The normalized spacial score (nSPS) is 19.7. The standard InChI is InChI=1S/C12H21NO4/c1-12(2,3)17-11(15)13-7-5-4-6-10-9(14)8-16-10/h10H,4-8H2,1-3H3,(H,13,15). The van der Waals surface area contributed by atoms with Crippen molar-refractivity contribution in [3.8, 4) is 0 Å². The number of hydrogen-bond donors (Lipinski definition) is 1. The van der Waals surface area contributed by atoms with Crippen LogP contribution in [0.2, 0.25) is 0 Å². The van der Waals surface area contributed by atoms with E-state index in [0.29, 0.717) is 6.54 Å². The average molecular weight is 243 g/mol. The van der Waals surface area contributed by atoms with Crippen LogP contribution in [0, 0.1) is 0 Å². The molecular weight excluding hydrogens is 222 g/mol. The zero-order valence-corrected chi connectivity index (χ0v) is 10.7. The van der Waals surface area contributed by atoms with E-state index >= 15 is 0 Å². The lowest BCUT2D eigenvalue weighted by atomic mass is 10.1. The van der Waals surface area contributed by atoms with Crippen molar-refractivity contribution in [2.24, 2.45) is 0 Å². The maximum absolute atomic E-state index is 11.3. The summed E-state index contributed by atoms with van der Waals surface area (Å²) in [6.07, 6.45) is 1.85. The highest BCUT2D eigenvalue weighted by Gasteiger charge is 2.28. The van der Waals surface area contributed by atoms with Crippen molar-refractivity contribution >= 4 is 11.9 Å². The van der Waals surface area contributed by atoms with Crippen LogP contribution in [0.1, 0.15) is 40.0 Å². The van der Waals surface area contributed by atoms with E-state index in [4.69, 9.17) is 9.47 Å². The average Bonchev–Trinajstić information content (AvgIpc) is 2.18. The lowest BCUT2D eigenvalue weighted by Gasteiger charge is -2.24. The topological polar surface area (TPSA) is 64.6 Å². The highest BCUT2D eigenvalue weighted by Crippen LogP contribution is 2.13. The van der Waals surface area contributed by atoms with Crippen LogP contribution in [0.3, 0.4) is 0 Å². The second kappa shape index (κ2) is 6.00. The molecular formula is C12H21NO4. The maximum atomic E-state index is 11.3. The molecule has 5 heteroatoms. The fourth-order valence-electron chi connectivity index (χ4n) is 1.47. The Morgan fingerprint density at radius 2 is 2.18 bits per heavy atom. The van der Waals surface area contributed by atoms with Crippen molar-refractivity contribution < 1.29 is 19.1 Å². The molecule has 17 heavy (non-hydrogen) atoms. The van der Waals surface area contributed by atoms with Crippen molar-refractivity contribution in [1.82, 2.24) is 5.32 Å². The molecule has 1 heterocycles. The molecule has 5 nitrogen and oxygen atoms in total. The molecule has 1 aliphatic rings. The molecule has 1 saturated heterocycles. The third-order valence-electron chi connectivity index (χ3n) is 2.35. The maximum Gasteiger partial charge on any atom is 0.407 e. The van der Waals surface area contributed by atoms with Crippen LogP contribution in [-0.2, 0) is 14.3 Å². The van der Waals surface area contributed by atoms with Gasteiger partial charge in [0.2, 0.25) is 0 Å². The minimum atomic E-state index is -0.462. The van der Waals surface area contributed by atoms with E-state index in [0.717, 1.165) is 19.3 Å². The fourth-order valence-corrected chi connectivity index (χ4v) is 1.47. The van der Waals surface area contributed by atoms with E-state index in [2.05, 4.69) is 5.32 Å². The van der Waals surface area contributed by atoms with Gasteiger partial charge in [-0.3, -0.25) is 4.79 Å². The first-order valence-electron chi connectivity index (χ1n) is 5.99. The van der Waals surface area contributed by atoms with E-state index in [9.17, 15) is 9.59 Å². The predicted octanol–water partition coefficient (Wildman–Crippen LogP) is 1.65. The van der Waals surface area contributed by atoms with Crippen LogP contribution in [0.25, 0.3) is 0 Å². The second-order valence-corrected chi connectivity index (χ2v) is 5.19. The summed E-state index contributed by atoms with van der Waals surface area (Å²) < 4.78 is 10.2. The van der Waals surface area contributed by atoms with Crippen molar-refractivity contribution in [3.05, 3.63) is 0 Å². The number of carbonyl (C=O) groups excluding carboxylic acids is 2. The number of carbonyl (C=O) groups is 2. The molecule has 1 rings (SSSR count). The summed E-state index contributed by atoms with van der Waals surface area (Å²) in [6, 6.07) is 0. The first-order chi connectivity index (χ1) is 7.88. The van der Waals surface area contributed by atoms with Gasteiger partial charge in [-0.15, -0.1) is 0 Å². The minimum Gasteiger partial charge on any atom is -0.444 e. The van der Waals surface area contributed by atoms with Crippen LogP contribution in [0.4, 0.5) is 4.79 Å². The highest BCUT2D eigenvalue weighted by molar-refractivity contribution is 5.88. The molecule has 0 radical (unpaired) electrons. The Labute approximate surface area is 102 Å². The Hall–Kier alpha value is -1.10. The molecule has 0 spiro atoms. The van der Waals surface area contributed by atoms with E-state index in [1.165, 1.54) is 0 Å². The Morgan fingerprint density at radius 1 is 1.47 bits per heavy atom. The van der Waals surface area contributed by atoms with Crippen LogP contribution in [0.5, 0.6) is 0 Å². The summed E-state index contributed by atoms with van der Waals surface area (Å²) in [5, 5.41) is 2.67. The molecule has 1 amide bonds. The van der Waals surface area contributed by atoms with Gasteiger partial charge in [0.15, 0.2) is 5.78 Å². The third kappa shape index (κ3) is 5.68. The van der Waals surface area contributed by atoms with Gasteiger partial charge in [-0.2, -0.15) is 0 Å². The Kier molecular flexibility index (Phi) is 4.93. The van der Waals surface area contributed by atoms with Gasteiger partial charge >= 0.3 is 6.09 Å².